The van der Waals surface area contributed by atoms with Crippen LogP contribution < -0.4 is 9.64 Å². The lowest BCUT2D eigenvalue weighted by atomic mass is 10.2. The Morgan fingerprint density at radius 1 is 1.15 bits per heavy atom. The first kappa shape index (κ1) is 25.0. The topological polar surface area (TPSA) is 54.9 Å². The van der Waals surface area contributed by atoms with Crippen LogP contribution in [0.3, 0.4) is 0 Å². The standard InChI is InChI=1S/C26H33N3O3S2/c1-2-32-22-11-6-12-23-25(22)27-26(34-23)29(15-8-14-28-16-18-31-19-17-28)24(30)13-7-20-33-21-9-4-3-5-10-21/h3-6,9-12H,2,7-8,13-20H2,1H3. The van der Waals surface area contributed by atoms with Gasteiger partial charge in [0.05, 0.1) is 24.5 Å². The van der Waals surface area contributed by atoms with Crippen LogP contribution in [-0.4, -0.2) is 67.5 Å². The van der Waals surface area contributed by atoms with Gasteiger partial charge in [-0.3, -0.25) is 14.6 Å². The van der Waals surface area contributed by atoms with Crippen molar-refractivity contribution in [1.29, 1.82) is 0 Å². The molecule has 1 saturated heterocycles. The van der Waals surface area contributed by atoms with Gasteiger partial charge in [0.2, 0.25) is 5.91 Å². The fourth-order valence-electron chi connectivity index (χ4n) is 3.97. The summed E-state index contributed by atoms with van der Waals surface area (Å²) in [4.78, 5) is 23.7. The summed E-state index contributed by atoms with van der Waals surface area (Å²) in [5, 5.41) is 0.768. The number of aromatic nitrogens is 1. The highest BCUT2D eigenvalue weighted by atomic mass is 32.2. The molecule has 34 heavy (non-hydrogen) atoms. The number of thioether (sulfide) groups is 1. The van der Waals surface area contributed by atoms with E-state index in [0.29, 0.717) is 19.6 Å². The van der Waals surface area contributed by atoms with E-state index in [9.17, 15) is 4.79 Å². The maximum Gasteiger partial charge on any atom is 0.228 e. The zero-order chi connectivity index (χ0) is 23.6. The lowest BCUT2D eigenvalue weighted by Gasteiger charge is -2.27. The Morgan fingerprint density at radius 2 is 1.97 bits per heavy atom. The van der Waals surface area contributed by atoms with E-state index in [-0.39, 0.29) is 5.91 Å². The van der Waals surface area contributed by atoms with Gasteiger partial charge < -0.3 is 9.47 Å². The molecule has 3 aromatic rings. The summed E-state index contributed by atoms with van der Waals surface area (Å²) in [6, 6.07) is 16.3. The fraction of sp³-hybridized carbons (Fsp3) is 0.462. The van der Waals surface area contributed by atoms with Gasteiger partial charge >= 0.3 is 0 Å². The van der Waals surface area contributed by atoms with Crippen LogP contribution in [0.2, 0.25) is 0 Å². The van der Waals surface area contributed by atoms with Crippen molar-refractivity contribution in [2.45, 2.75) is 31.1 Å². The number of hydrogen-bond acceptors (Lipinski definition) is 7. The van der Waals surface area contributed by atoms with Crippen molar-refractivity contribution >= 4 is 44.4 Å². The summed E-state index contributed by atoms with van der Waals surface area (Å²) in [5.74, 6) is 1.85. The van der Waals surface area contributed by atoms with E-state index >= 15 is 0 Å². The van der Waals surface area contributed by atoms with Gasteiger partial charge in [0.15, 0.2) is 5.13 Å². The summed E-state index contributed by atoms with van der Waals surface area (Å²) in [5.41, 5.74) is 0.843. The van der Waals surface area contributed by atoms with Gasteiger partial charge in [-0.25, -0.2) is 4.98 Å². The maximum atomic E-state index is 13.3. The molecular weight excluding hydrogens is 466 g/mol. The van der Waals surface area contributed by atoms with Crippen molar-refractivity contribution in [3.05, 3.63) is 48.5 Å². The third-order valence-electron chi connectivity index (χ3n) is 5.71. The number of hydrogen-bond donors (Lipinski definition) is 0. The summed E-state index contributed by atoms with van der Waals surface area (Å²) < 4.78 is 12.3. The fourth-order valence-corrected chi connectivity index (χ4v) is 5.87. The van der Waals surface area contributed by atoms with Crippen molar-refractivity contribution in [2.75, 3.05) is 56.7 Å². The van der Waals surface area contributed by atoms with Gasteiger partial charge in [-0.1, -0.05) is 35.6 Å². The predicted octanol–water partition coefficient (Wildman–Crippen LogP) is 5.32. The summed E-state index contributed by atoms with van der Waals surface area (Å²) >= 11 is 3.37. The normalized spacial score (nSPS) is 14.4. The van der Waals surface area contributed by atoms with E-state index in [2.05, 4.69) is 17.0 Å². The third-order valence-corrected chi connectivity index (χ3v) is 7.85. The molecule has 0 saturated carbocycles. The van der Waals surface area contributed by atoms with E-state index in [4.69, 9.17) is 14.5 Å². The van der Waals surface area contributed by atoms with E-state index in [1.807, 2.05) is 48.2 Å². The van der Waals surface area contributed by atoms with Crippen LogP contribution >= 0.6 is 23.1 Å². The molecule has 0 bridgehead atoms. The highest BCUT2D eigenvalue weighted by Crippen LogP contribution is 2.34. The van der Waals surface area contributed by atoms with Gasteiger partial charge in [0.1, 0.15) is 11.3 Å². The molecule has 4 rings (SSSR count). The quantitative estimate of drug-likeness (QED) is 0.248. The molecule has 1 aromatic heterocycles. The summed E-state index contributed by atoms with van der Waals surface area (Å²) in [6.45, 7) is 7.71. The minimum atomic E-state index is 0.146. The van der Waals surface area contributed by atoms with Gasteiger partial charge in [-0.15, -0.1) is 11.8 Å². The number of anilines is 1. The highest BCUT2D eigenvalue weighted by molar-refractivity contribution is 7.99. The van der Waals surface area contributed by atoms with Gasteiger partial charge in [-0.05, 0) is 49.8 Å². The van der Waals surface area contributed by atoms with E-state index < -0.39 is 0 Å². The molecule has 1 aliphatic rings. The SMILES string of the molecule is CCOc1cccc2sc(N(CCCN3CCOCC3)C(=O)CCCSc3ccccc3)nc12. The first-order valence-corrected chi connectivity index (χ1v) is 13.9. The Morgan fingerprint density at radius 3 is 2.76 bits per heavy atom. The molecule has 1 fully saturated rings. The van der Waals surface area contributed by atoms with E-state index in [0.717, 1.165) is 72.5 Å². The number of para-hydroxylation sites is 1. The molecule has 8 heteroatoms. The second kappa shape index (κ2) is 13.1. The minimum Gasteiger partial charge on any atom is -0.492 e. The molecular formula is C26H33N3O3S2. The monoisotopic (exact) mass is 499 g/mol. The molecule has 0 aliphatic carbocycles. The molecule has 0 N–H and O–H groups in total. The number of ether oxygens (including phenoxy) is 2. The average Bonchev–Trinajstić information content (AvgIpc) is 3.31. The number of amides is 1. The Kier molecular flexibility index (Phi) is 9.62. The minimum absolute atomic E-state index is 0.146. The lowest BCUT2D eigenvalue weighted by molar-refractivity contribution is -0.118. The summed E-state index contributed by atoms with van der Waals surface area (Å²) in [6.07, 6.45) is 2.28. The molecule has 1 aliphatic heterocycles. The lowest BCUT2D eigenvalue weighted by Crippen LogP contribution is -2.39. The van der Waals surface area contributed by atoms with Crippen molar-refractivity contribution < 1.29 is 14.3 Å². The van der Waals surface area contributed by atoms with Crippen LogP contribution in [0.4, 0.5) is 5.13 Å². The number of morpholine rings is 1. The van der Waals surface area contributed by atoms with Gasteiger partial charge in [0.25, 0.3) is 0 Å². The first-order valence-electron chi connectivity index (χ1n) is 12.1. The zero-order valence-corrected chi connectivity index (χ0v) is 21.4. The van der Waals surface area contributed by atoms with Crippen LogP contribution in [0.1, 0.15) is 26.2 Å². The highest BCUT2D eigenvalue weighted by Gasteiger charge is 2.21. The summed E-state index contributed by atoms with van der Waals surface area (Å²) in [7, 11) is 0. The van der Waals surface area contributed by atoms with Crippen molar-refractivity contribution in [3.8, 4) is 5.75 Å². The van der Waals surface area contributed by atoms with E-state index in [1.54, 1.807) is 23.1 Å². The zero-order valence-electron chi connectivity index (χ0n) is 19.8. The Labute approximate surface area is 210 Å². The number of thiazole rings is 1. The van der Waals surface area contributed by atoms with Gasteiger partial charge in [0, 0.05) is 37.5 Å². The predicted molar refractivity (Wildman–Crippen MR) is 141 cm³/mol. The van der Waals surface area contributed by atoms with Crippen molar-refractivity contribution in [2.24, 2.45) is 0 Å². The Balaban J connectivity index is 1.41. The molecule has 0 radical (unpaired) electrons. The molecule has 0 unspecified atom stereocenters. The number of fused-ring (bicyclic) bond motifs is 1. The largest absolute Gasteiger partial charge is 0.492 e. The molecule has 0 atom stereocenters. The number of carbonyl (C=O) groups is 1. The first-order chi connectivity index (χ1) is 16.7. The van der Waals surface area contributed by atoms with Gasteiger partial charge in [-0.2, -0.15) is 0 Å². The van der Waals surface area contributed by atoms with Crippen LogP contribution in [0.25, 0.3) is 10.2 Å². The van der Waals surface area contributed by atoms with E-state index in [1.165, 1.54) is 4.90 Å². The smallest absolute Gasteiger partial charge is 0.228 e. The molecule has 6 nitrogen and oxygen atoms in total. The maximum absolute atomic E-state index is 13.3. The molecule has 2 heterocycles. The van der Waals surface area contributed by atoms with Crippen LogP contribution in [0.5, 0.6) is 5.75 Å². The molecule has 0 spiro atoms. The van der Waals surface area contributed by atoms with Crippen LogP contribution in [-0.2, 0) is 9.53 Å². The number of carbonyl (C=O) groups excluding carboxylic acids is 1. The van der Waals surface area contributed by atoms with Crippen molar-refractivity contribution in [3.63, 3.8) is 0 Å². The number of rotatable bonds is 12. The third kappa shape index (κ3) is 6.95. The average molecular weight is 500 g/mol. The second-order valence-electron chi connectivity index (χ2n) is 8.15. The number of benzene rings is 2. The van der Waals surface area contributed by atoms with Crippen LogP contribution in [0, 0.1) is 0 Å². The Hall–Kier alpha value is -2.13. The second-order valence-corrected chi connectivity index (χ2v) is 10.3. The Bertz CT molecular complexity index is 1040. The van der Waals surface area contributed by atoms with Crippen LogP contribution in [0.15, 0.2) is 53.4 Å². The molecule has 1 amide bonds. The molecule has 182 valence electrons. The number of nitrogens with zero attached hydrogens (tertiary/aromatic N) is 3. The molecule has 2 aromatic carbocycles. The van der Waals surface area contributed by atoms with Crippen molar-refractivity contribution in [1.82, 2.24) is 9.88 Å².